The molecule has 1 unspecified atom stereocenters. The lowest BCUT2D eigenvalue weighted by Crippen LogP contribution is -2.42. The van der Waals surface area contributed by atoms with Crippen molar-refractivity contribution in [2.24, 2.45) is 0 Å². The highest BCUT2D eigenvalue weighted by Crippen LogP contribution is 2.27. The molecule has 124 valence electrons. The van der Waals surface area contributed by atoms with E-state index >= 15 is 0 Å². The second kappa shape index (κ2) is 6.72. The minimum atomic E-state index is -0.323. The molecule has 1 atom stereocenters. The Kier molecular flexibility index (Phi) is 4.68. The van der Waals surface area contributed by atoms with Crippen molar-refractivity contribution in [1.29, 1.82) is 0 Å². The number of aliphatic hydroxyl groups is 1. The van der Waals surface area contributed by atoms with Gasteiger partial charge in [0.05, 0.1) is 12.6 Å². The van der Waals surface area contributed by atoms with Crippen molar-refractivity contribution in [3.63, 3.8) is 0 Å². The molecule has 5 heteroatoms. The molecule has 1 aromatic heterocycles. The van der Waals surface area contributed by atoms with Crippen LogP contribution in [-0.4, -0.2) is 58.6 Å². The number of benzene rings is 1. The van der Waals surface area contributed by atoms with E-state index in [4.69, 9.17) is 0 Å². The van der Waals surface area contributed by atoms with Gasteiger partial charge >= 0.3 is 0 Å². The van der Waals surface area contributed by atoms with Crippen LogP contribution in [0.4, 0.5) is 0 Å². The zero-order valence-corrected chi connectivity index (χ0v) is 13.9. The molecule has 3 rings (SSSR count). The predicted molar refractivity (Wildman–Crippen MR) is 91.2 cm³/mol. The van der Waals surface area contributed by atoms with Gasteiger partial charge in [0.1, 0.15) is 0 Å². The molecule has 1 amide bonds. The molecule has 0 aliphatic carbocycles. The summed E-state index contributed by atoms with van der Waals surface area (Å²) in [4.78, 5) is 19.9. The summed E-state index contributed by atoms with van der Waals surface area (Å²) in [6.07, 6.45) is 1.25. The minimum Gasteiger partial charge on any atom is -0.393 e. The van der Waals surface area contributed by atoms with Gasteiger partial charge in [0.15, 0.2) is 0 Å². The second-order valence-corrected chi connectivity index (χ2v) is 6.57. The van der Waals surface area contributed by atoms with E-state index in [-0.39, 0.29) is 12.0 Å². The summed E-state index contributed by atoms with van der Waals surface area (Å²) in [6, 6.07) is 8.28. The average molecular weight is 315 g/mol. The van der Waals surface area contributed by atoms with Gasteiger partial charge in [-0.1, -0.05) is 18.2 Å². The number of carbonyl (C=O) groups is 1. The van der Waals surface area contributed by atoms with Crippen LogP contribution in [0, 0.1) is 0 Å². The number of aromatic amines is 1. The lowest BCUT2D eigenvalue weighted by atomic mass is 10.0. The summed E-state index contributed by atoms with van der Waals surface area (Å²) in [5.41, 5.74) is 3.67. The maximum atomic E-state index is 12.5. The second-order valence-electron chi connectivity index (χ2n) is 6.57. The zero-order chi connectivity index (χ0) is 16.4. The number of nitrogens with one attached hydrogen (secondary N) is 1. The lowest BCUT2D eigenvalue weighted by Gasteiger charge is -2.29. The van der Waals surface area contributed by atoms with Crippen LogP contribution in [0.1, 0.15) is 24.6 Å². The summed E-state index contributed by atoms with van der Waals surface area (Å²) in [7, 11) is 1.93. The van der Waals surface area contributed by atoms with E-state index in [1.807, 2.05) is 29.0 Å². The predicted octanol–water partition coefficient (Wildman–Crippen LogP) is 1.76. The number of likely N-dealkylation sites (N-methyl/N-ethyl adjacent to an activating group) is 1. The van der Waals surface area contributed by atoms with Crippen LogP contribution in [0.5, 0.6) is 0 Å². The number of H-pyrrole nitrogens is 1. The summed E-state index contributed by atoms with van der Waals surface area (Å²) >= 11 is 0. The summed E-state index contributed by atoms with van der Waals surface area (Å²) < 4.78 is 0. The Morgan fingerprint density at radius 1 is 1.43 bits per heavy atom. The van der Waals surface area contributed by atoms with Crippen LogP contribution in [0.3, 0.4) is 0 Å². The quantitative estimate of drug-likeness (QED) is 0.884. The number of fused-ring (bicyclic) bond motifs is 3. The number of aliphatic hydroxyl groups excluding tert-OH is 1. The van der Waals surface area contributed by atoms with E-state index in [1.54, 1.807) is 6.92 Å². The summed E-state index contributed by atoms with van der Waals surface area (Å²) in [6.45, 7) is 4.37. The van der Waals surface area contributed by atoms with Gasteiger partial charge < -0.3 is 15.0 Å². The van der Waals surface area contributed by atoms with Gasteiger partial charge in [-0.2, -0.15) is 0 Å². The highest BCUT2D eigenvalue weighted by Gasteiger charge is 2.24. The first-order valence-corrected chi connectivity index (χ1v) is 8.27. The zero-order valence-electron chi connectivity index (χ0n) is 13.9. The SMILES string of the molecule is CC(O)CCN(C)CC(=O)N1CCc2[nH]c3ccccc3c2C1. The molecule has 0 spiro atoms. The third-order valence-corrected chi connectivity index (χ3v) is 4.57. The monoisotopic (exact) mass is 315 g/mol. The number of nitrogens with zero attached hydrogens (tertiary/aromatic N) is 2. The van der Waals surface area contributed by atoms with Crippen LogP contribution < -0.4 is 0 Å². The Morgan fingerprint density at radius 3 is 3.00 bits per heavy atom. The van der Waals surface area contributed by atoms with Gasteiger partial charge in [0.25, 0.3) is 0 Å². The molecule has 1 aromatic carbocycles. The van der Waals surface area contributed by atoms with Crippen molar-refractivity contribution in [3.8, 4) is 0 Å². The van der Waals surface area contributed by atoms with Gasteiger partial charge in [-0.25, -0.2) is 0 Å². The van der Waals surface area contributed by atoms with E-state index in [1.165, 1.54) is 16.6 Å². The van der Waals surface area contributed by atoms with E-state index in [9.17, 15) is 9.90 Å². The fourth-order valence-corrected chi connectivity index (χ4v) is 3.20. The molecule has 1 aliphatic heterocycles. The Bertz CT molecular complexity index is 693. The first kappa shape index (κ1) is 16.0. The van der Waals surface area contributed by atoms with E-state index in [0.29, 0.717) is 19.5 Å². The number of aromatic nitrogens is 1. The molecular weight excluding hydrogens is 290 g/mol. The first-order valence-electron chi connectivity index (χ1n) is 8.27. The number of amides is 1. The van der Waals surface area contributed by atoms with Crippen molar-refractivity contribution in [2.75, 3.05) is 26.7 Å². The molecule has 0 saturated heterocycles. The Balaban J connectivity index is 1.65. The molecule has 5 nitrogen and oxygen atoms in total. The molecule has 0 radical (unpaired) electrons. The Morgan fingerprint density at radius 2 is 2.22 bits per heavy atom. The fourth-order valence-electron chi connectivity index (χ4n) is 3.20. The molecule has 0 saturated carbocycles. The maximum Gasteiger partial charge on any atom is 0.237 e. The number of para-hydroxylation sites is 1. The van der Waals surface area contributed by atoms with Crippen molar-refractivity contribution in [1.82, 2.24) is 14.8 Å². The van der Waals surface area contributed by atoms with Crippen molar-refractivity contribution >= 4 is 16.8 Å². The number of rotatable bonds is 5. The maximum absolute atomic E-state index is 12.5. The van der Waals surface area contributed by atoms with Crippen molar-refractivity contribution in [3.05, 3.63) is 35.5 Å². The number of hydrogen-bond acceptors (Lipinski definition) is 3. The number of hydrogen-bond donors (Lipinski definition) is 2. The molecule has 2 aromatic rings. The van der Waals surface area contributed by atoms with Gasteiger partial charge in [-0.05, 0) is 26.5 Å². The Labute approximate surface area is 136 Å². The van der Waals surface area contributed by atoms with Crippen LogP contribution in [0.25, 0.3) is 10.9 Å². The van der Waals surface area contributed by atoms with Gasteiger partial charge in [0, 0.05) is 48.2 Å². The van der Waals surface area contributed by atoms with Crippen LogP contribution >= 0.6 is 0 Å². The molecule has 0 fully saturated rings. The van der Waals surface area contributed by atoms with Crippen LogP contribution in [-0.2, 0) is 17.8 Å². The average Bonchev–Trinajstić information content (AvgIpc) is 2.90. The Hall–Kier alpha value is -1.85. The molecule has 2 N–H and O–H groups in total. The fraction of sp³-hybridized carbons (Fsp3) is 0.500. The normalized spacial score (nSPS) is 15.9. The largest absolute Gasteiger partial charge is 0.393 e. The molecule has 1 aliphatic rings. The third kappa shape index (κ3) is 3.57. The molecule has 2 heterocycles. The standard InChI is InChI=1S/C18H25N3O2/c1-13(22)7-9-20(2)12-18(23)21-10-8-17-15(11-21)14-5-3-4-6-16(14)19-17/h3-6,13,19,22H,7-12H2,1-2H3. The van der Waals surface area contributed by atoms with E-state index in [0.717, 1.165) is 25.0 Å². The highest BCUT2D eigenvalue weighted by atomic mass is 16.3. The van der Waals surface area contributed by atoms with Gasteiger partial charge in [-0.3, -0.25) is 9.69 Å². The van der Waals surface area contributed by atoms with Crippen LogP contribution in [0.2, 0.25) is 0 Å². The molecule has 23 heavy (non-hydrogen) atoms. The van der Waals surface area contributed by atoms with Crippen molar-refractivity contribution < 1.29 is 9.90 Å². The summed E-state index contributed by atoms with van der Waals surface area (Å²) in [5, 5.41) is 10.6. The minimum absolute atomic E-state index is 0.161. The lowest BCUT2D eigenvalue weighted by molar-refractivity contribution is -0.133. The third-order valence-electron chi connectivity index (χ3n) is 4.57. The molecular formula is C18H25N3O2. The van der Waals surface area contributed by atoms with Gasteiger partial charge in [-0.15, -0.1) is 0 Å². The summed E-state index contributed by atoms with van der Waals surface area (Å²) in [5.74, 6) is 0.161. The first-order chi connectivity index (χ1) is 11.0. The highest BCUT2D eigenvalue weighted by molar-refractivity contribution is 5.86. The van der Waals surface area contributed by atoms with E-state index < -0.39 is 0 Å². The van der Waals surface area contributed by atoms with Crippen molar-refractivity contribution in [2.45, 2.75) is 32.4 Å². The van der Waals surface area contributed by atoms with E-state index in [2.05, 4.69) is 17.1 Å². The number of carbonyl (C=O) groups excluding carboxylic acids is 1. The smallest absolute Gasteiger partial charge is 0.237 e. The molecule has 0 bridgehead atoms. The topological polar surface area (TPSA) is 59.6 Å². The van der Waals surface area contributed by atoms with Gasteiger partial charge in [0.2, 0.25) is 5.91 Å². The van der Waals surface area contributed by atoms with Crippen LogP contribution in [0.15, 0.2) is 24.3 Å².